The zero-order valence-electron chi connectivity index (χ0n) is 17.4. The maximum atomic E-state index is 6.88. The Bertz CT molecular complexity index is 1510. The first-order valence-corrected chi connectivity index (χ1v) is 11.1. The molecule has 1 heterocycles. The molecule has 6 aromatic rings. The largest absolute Gasteiger partial charge is 0.307 e. The van der Waals surface area contributed by atoms with E-state index in [2.05, 4.69) is 108 Å². The van der Waals surface area contributed by atoms with Crippen LogP contribution in [0.3, 0.4) is 0 Å². The Hall–Kier alpha value is -3.81. The molecule has 0 spiro atoms. The SMILES string of the molecule is Clc1cccc(-c2ccc(-c3ccccc3)cc2)c1-n1c2ccccc2c2ccccc21. The van der Waals surface area contributed by atoms with E-state index >= 15 is 0 Å². The van der Waals surface area contributed by atoms with Gasteiger partial charge in [-0.1, -0.05) is 115 Å². The fourth-order valence-corrected chi connectivity index (χ4v) is 4.87. The third kappa shape index (κ3) is 3.02. The first kappa shape index (κ1) is 18.9. The van der Waals surface area contributed by atoms with Crippen LogP contribution in [-0.2, 0) is 0 Å². The van der Waals surface area contributed by atoms with Crippen LogP contribution in [0.15, 0.2) is 121 Å². The molecule has 152 valence electrons. The van der Waals surface area contributed by atoms with E-state index < -0.39 is 0 Å². The van der Waals surface area contributed by atoms with Crippen LogP contribution in [0.1, 0.15) is 0 Å². The molecule has 0 atom stereocenters. The predicted molar refractivity (Wildman–Crippen MR) is 137 cm³/mol. The number of nitrogens with zero attached hydrogens (tertiary/aromatic N) is 1. The molecule has 0 amide bonds. The van der Waals surface area contributed by atoms with Crippen LogP contribution in [0.5, 0.6) is 0 Å². The maximum absolute atomic E-state index is 6.88. The van der Waals surface area contributed by atoms with Crippen LogP contribution in [0.2, 0.25) is 5.02 Å². The lowest BCUT2D eigenvalue weighted by Gasteiger charge is -2.16. The zero-order chi connectivity index (χ0) is 21.5. The summed E-state index contributed by atoms with van der Waals surface area (Å²) in [7, 11) is 0. The van der Waals surface area contributed by atoms with E-state index in [9.17, 15) is 0 Å². The van der Waals surface area contributed by atoms with Gasteiger partial charge in [-0.15, -0.1) is 0 Å². The highest BCUT2D eigenvalue weighted by molar-refractivity contribution is 6.33. The van der Waals surface area contributed by atoms with Crippen molar-refractivity contribution in [1.29, 1.82) is 0 Å². The Labute approximate surface area is 192 Å². The normalized spacial score (nSPS) is 11.3. The van der Waals surface area contributed by atoms with Crippen molar-refractivity contribution in [3.05, 3.63) is 126 Å². The Morgan fingerprint density at radius 2 is 0.969 bits per heavy atom. The monoisotopic (exact) mass is 429 g/mol. The van der Waals surface area contributed by atoms with Crippen LogP contribution in [0.4, 0.5) is 0 Å². The number of aromatic nitrogens is 1. The van der Waals surface area contributed by atoms with Gasteiger partial charge in [0.1, 0.15) is 0 Å². The van der Waals surface area contributed by atoms with Gasteiger partial charge in [-0.2, -0.15) is 0 Å². The van der Waals surface area contributed by atoms with Crippen molar-refractivity contribution in [2.24, 2.45) is 0 Å². The molecule has 5 aromatic carbocycles. The summed E-state index contributed by atoms with van der Waals surface area (Å²) in [4.78, 5) is 0. The molecule has 0 aliphatic carbocycles. The quantitative estimate of drug-likeness (QED) is 0.265. The number of benzene rings is 5. The van der Waals surface area contributed by atoms with Crippen molar-refractivity contribution in [2.45, 2.75) is 0 Å². The second-order valence-electron chi connectivity index (χ2n) is 7.95. The summed E-state index contributed by atoms with van der Waals surface area (Å²) in [5, 5.41) is 3.20. The van der Waals surface area contributed by atoms with Crippen molar-refractivity contribution in [1.82, 2.24) is 4.57 Å². The van der Waals surface area contributed by atoms with Gasteiger partial charge >= 0.3 is 0 Å². The highest BCUT2D eigenvalue weighted by atomic mass is 35.5. The summed E-state index contributed by atoms with van der Waals surface area (Å²) >= 11 is 6.88. The summed E-state index contributed by atoms with van der Waals surface area (Å²) in [6.07, 6.45) is 0. The molecule has 6 rings (SSSR count). The predicted octanol–water partition coefficient (Wildman–Crippen LogP) is 8.77. The number of hydrogen-bond acceptors (Lipinski definition) is 0. The smallest absolute Gasteiger partial charge is 0.0726 e. The average molecular weight is 430 g/mol. The minimum atomic E-state index is 0.737. The lowest BCUT2D eigenvalue weighted by molar-refractivity contribution is 1.18. The number of rotatable bonds is 3. The van der Waals surface area contributed by atoms with Crippen LogP contribution in [-0.4, -0.2) is 4.57 Å². The summed E-state index contributed by atoms with van der Waals surface area (Å²) in [5.74, 6) is 0. The minimum absolute atomic E-state index is 0.737. The van der Waals surface area contributed by atoms with Gasteiger partial charge in [-0.05, 0) is 34.9 Å². The summed E-state index contributed by atoms with van der Waals surface area (Å²) in [5.41, 5.74) is 8.00. The number of halogens is 1. The Morgan fingerprint density at radius 3 is 1.62 bits per heavy atom. The van der Waals surface area contributed by atoms with Crippen molar-refractivity contribution in [2.75, 3.05) is 0 Å². The van der Waals surface area contributed by atoms with Gasteiger partial charge < -0.3 is 4.57 Å². The standard InChI is InChI=1S/C30H20ClN/c31-27-14-8-13-24(23-19-17-22(18-20-23)21-9-2-1-3-10-21)30(27)32-28-15-6-4-11-25(28)26-12-5-7-16-29(26)32/h1-20H. The summed E-state index contributed by atoms with van der Waals surface area (Å²) in [6, 6.07) is 42.4. The van der Waals surface area contributed by atoms with E-state index in [4.69, 9.17) is 11.6 Å². The summed E-state index contributed by atoms with van der Waals surface area (Å²) in [6.45, 7) is 0. The highest BCUT2D eigenvalue weighted by Crippen LogP contribution is 2.39. The second-order valence-corrected chi connectivity index (χ2v) is 8.36. The zero-order valence-corrected chi connectivity index (χ0v) is 18.1. The van der Waals surface area contributed by atoms with Gasteiger partial charge in [0.05, 0.1) is 21.7 Å². The van der Waals surface area contributed by atoms with E-state index in [0.29, 0.717) is 0 Å². The van der Waals surface area contributed by atoms with Gasteiger partial charge in [0.15, 0.2) is 0 Å². The molecule has 0 saturated carbocycles. The van der Waals surface area contributed by atoms with Crippen LogP contribution in [0.25, 0.3) is 49.7 Å². The molecule has 1 aromatic heterocycles. The van der Waals surface area contributed by atoms with Crippen molar-refractivity contribution >= 4 is 33.4 Å². The van der Waals surface area contributed by atoms with E-state index in [0.717, 1.165) is 32.9 Å². The van der Waals surface area contributed by atoms with Gasteiger partial charge in [0.2, 0.25) is 0 Å². The Morgan fingerprint density at radius 1 is 0.438 bits per heavy atom. The second kappa shape index (κ2) is 7.71. The third-order valence-corrected chi connectivity index (χ3v) is 6.40. The molecule has 0 saturated heterocycles. The molecule has 2 heteroatoms. The third-order valence-electron chi connectivity index (χ3n) is 6.09. The van der Waals surface area contributed by atoms with E-state index in [1.165, 1.54) is 21.9 Å². The van der Waals surface area contributed by atoms with E-state index in [1.807, 2.05) is 18.2 Å². The molecule has 0 aliphatic heterocycles. The van der Waals surface area contributed by atoms with Gasteiger partial charge in [0, 0.05) is 16.3 Å². The Kier molecular flexibility index (Phi) is 4.56. The lowest BCUT2D eigenvalue weighted by Crippen LogP contribution is -1.98. The van der Waals surface area contributed by atoms with Gasteiger partial charge in [-0.25, -0.2) is 0 Å². The van der Waals surface area contributed by atoms with Crippen LogP contribution >= 0.6 is 11.6 Å². The van der Waals surface area contributed by atoms with E-state index in [1.54, 1.807) is 0 Å². The van der Waals surface area contributed by atoms with Gasteiger partial charge in [0.25, 0.3) is 0 Å². The molecule has 0 N–H and O–H groups in total. The van der Waals surface area contributed by atoms with Crippen molar-refractivity contribution in [3.8, 4) is 27.9 Å². The first-order chi connectivity index (χ1) is 15.8. The van der Waals surface area contributed by atoms with Crippen molar-refractivity contribution < 1.29 is 0 Å². The number of fused-ring (bicyclic) bond motifs is 3. The molecular formula is C30H20ClN. The molecule has 1 nitrogen and oxygen atoms in total. The molecule has 32 heavy (non-hydrogen) atoms. The number of para-hydroxylation sites is 3. The average Bonchev–Trinajstić information content (AvgIpc) is 3.19. The highest BCUT2D eigenvalue weighted by Gasteiger charge is 2.17. The van der Waals surface area contributed by atoms with Crippen LogP contribution < -0.4 is 0 Å². The maximum Gasteiger partial charge on any atom is 0.0726 e. The molecule has 0 aliphatic rings. The minimum Gasteiger partial charge on any atom is -0.307 e. The van der Waals surface area contributed by atoms with E-state index in [-0.39, 0.29) is 0 Å². The topological polar surface area (TPSA) is 4.93 Å². The molecular weight excluding hydrogens is 410 g/mol. The molecule has 0 radical (unpaired) electrons. The summed E-state index contributed by atoms with van der Waals surface area (Å²) < 4.78 is 2.30. The first-order valence-electron chi connectivity index (χ1n) is 10.7. The Balaban J connectivity index is 1.59. The number of hydrogen-bond donors (Lipinski definition) is 0. The van der Waals surface area contributed by atoms with Crippen LogP contribution in [0, 0.1) is 0 Å². The fraction of sp³-hybridized carbons (Fsp3) is 0. The molecule has 0 fully saturated rings. The van der Waals surface area contributed by atoms with Gasteiger partial charge in [-0.3, -0.25) is 0 Å². The fourth-order valence-electron chi connectivity index (χ4n) is 4.61. The lowest BCUT2D eigenvalue weighted by atomic mass is 9.99. The molecule has 0 bridgehead atoms. The van der Waals surface area contributed by atoms with Crippen molar-refractivity contribution in [3.63, 3.8) is 0 Å². The molecule has 0 unspecified atom stereocenters.